The van der Waals surface area contributed by atoms with Gasteiger partial charge in [0.1, 0.15) is 25.5 Å². The number of halogens is 3. The average molecular weight is 369 g/mol. The summed E-state index contributed by atoms with van der Waals surface area (Å²) in [6.45, 7) is 1.42. The molecule has 2 rings (SSSR count). The van der Waals surface area contributed by atoms with Crippen molar-refractivity contribution in [2.75, 3.05) is 13.2 Å². The molecule has 0 atom stereocenters. The summed E-state index contributed by atoms with van der Waals surface area (Å²) in [6, 6.07) is 8.87. The van der Waals surface area contributed by atoms with Crippen LogP contribution in [0.1, 0.15) is 18.1 Å². The van der Waals surface area contributed by atoms with Crippen LogP contribution in [0.25, 0.3) is 0 Å². The van der Waals surface area contributed by atoms with Crippen molar-refractivity contribution in [3.05, 3.63) is 64.1 Å². The van der Waals surface area contributed by atoms with Crippen molar-refractivity contribution < 1.29 is 27.4 Å². The molecule has 0 aliphatic heterocycles. The number of aryl methyl sites for hydroxylation is 1. The SMILES string of the molecule is CCc1cccc(OCCOC(=O)Cn2cc(C(F)(F)F)ccc2=O)c1. The number of hydrogen-bond acceptors (Lipinski definition) is 4. The molecule has 0 saturated carbocycles. The molecule has 8 heteroatoms. The van der Waals surface area contributed by atoms with Crippen LogP contribution in [-0.4, -0.2) is 23.8 Å². The van der Waals surface area contributed by atoms with Crippen LogP contribution in [0.4, 0.5) is 13.2 Å². The third-order valence-corrected chi connectivity index (χ3v) is 3.53. The van der Waals surface area contributed by atoms with Gasteiger partial charge >= 0.3 is 12.1 Å². The van der Waals surface area contributed by atoms with Gasteiger partial charge in [0.05, 0.1) is 5.56 Å². The standard InChI is InChI=1S/C18H18F3NO4/c1-2-13-4-3-5-15(10-13)25-8-9-26-17(24)12-22-11-14(18(19,20)21)6-7-16(22)23/h3-7,10-11H,2,8-9,12H2,1H3. The van der Waals surface area contributed by atoms with Gasteiger partial charge in [0.2, 0.25) is 0 Å². The predicted molar refractivity (Wildman–Crippen MR) is 88.0 cm³/mol. The maximum atomic E-state index is 12.7. The maximum absolute atomic E-state index is 12.7. The van der Waals surface area contributed by atoms with E-state index >= 15 is 0 Å². The first-order chi connectivity index (χ1) is 12.3. The summed E-state index contributed by atoms with van der Waals surface area (Å²) < 4.78 is 49.0. The highest BCUT2D eigenvalue weighted by Crippen LogP contribution is 2.27. The summed E-state index contributed by atoms with van der Waals surface area (Å²) in [6.07, 6.45) is -3.14. The van der Waals surface area contributed by atoms with E-state index in [4.69, 9.17) is 9.47 Å². The Hall–Kier alpha value is -2.77. The Morgan fingerprint density at radius 1 is 1.15 bits per heavy atom. The number of benzene rings is 1. The minimum absolute atomic E-state index is 0.0805. The first kappa shape index (κ1) is 19.6. The van der Waals surface area contributed by atoms with E-state index in [1.54, 1.807) is 6.07 Å². The molecule has 0 bridgehead atoms. The van der Waals surface area contributed by atoms with E-state index in [1.807, 2.05) is 25.1 Å². The third kappa shape index (κ3) is 5.65. The summed E-state index contributed by atoms with van der Waals surface area (Å²) >= 11 is 0. The number of alkyl halides is 3. The Kier molecular flexibility index (Phi) is 6.43. The van der Waals surface area contributed by atoms with Gasteiger partial charge in [0.25, 0.3) is 5.56 Å². The van der Waals surface area contributed by atoms with E-state index in [-0.39, 0.29) is 13.2 Å². The van der Waals surface area contributed by atoms with E-state index in [2.05, 4.69) is 0 Å². The molecule has 5 nitrogen and oxygen atoms in total. The van der Waals surface area contributed by atoms with Crippen LogP contribution in [-0.2, 0) is 28.7 Å². The lowest BCUT2D eigenvalue weighted by Gasteiger charge is -2.11. The predicted octanol–water partition coefficient (Wildman–Crippen LogP) is 3.05. The fourth-order valence-electron chi connectivity index (χ4n) is 2.18. The number of carbonyl (C=O) groups excluding carboxylic acids is 1. The van der Waals surface area contributed by atoms with Crippen LogP contribution in [0.15, 0.2) is 47.4 Å². The molecule has 1 aromatic carbocycles. The molecular formula is C18H18F3NO4. The Morgan fingerprint density at radius 3 is 2.62 bits per heavy atom. The molecule has 0 spiro atoms. The van der Waals surface area contributed by atoms with Crippen LogP contribution in [0.2, 0.25) is 0 Å². The molecule has 0 saturated heterocycles. The highest BCUT2D eigenvalue weighted by molar-refractivity contribution is 5.69. The number of nitrogens with zero attached hydrogens (tertiary/aromatic N) is 1. The molecule has 0 radical (unpaired) electrons. The highest BCUT2D eigenvalue weighted by Gasteiger charge is 2.31. The molecule has 0 amide bonds. The molecule has 0 aliphatic rings. The fourth-order valence-corrected chi connectivity index (χ4v) is 2.18. The lowest BCUT2D eigenvalue weighted by atomic mass is 10.2. The number of carbonyl (C=O) groups is 1. The normalized spacial score (nSPS) is 11.2. The molecule has 140 valence electrons. The van der Waals surface area contributed by atoms with E-state index < -0.39 is 29.8 Å². The Labute approximate surface area is 148 Å². The van der Waals surface area contributed by atoms with Crippen LogP contribution in [0.3, 0.4) is 0 Å². The largest absolute Gasteiger partial charge is 0.490 e. The first-order valence-electron chi connectivity index (χ1n) is 7.94. The Balaban J connectivity index is 1.84. The maximum Gasteiger partial charge on any atom is 0.417 e. The average Bonchev–Trinajstić information content (AvgIpc) is 2.60. The number of rotatable bonds is 7. The van der Waals surface area contributed by atoms with Crippen molar-refractivity contribution in [1.29, 1.82) is 0 Å². The van der Waals surface area contributed by atoms with Crippen molar-refractivity contribution in [2.24, 2.45) is 0 Å². The van der Waals surface area contributed by atoms with E-state index in [0.717, 1.165) is 18.1 Å². The minimum atomic E-state index is -4.60. The van der Waals surface area contributed by atoms with Crippen molar-refractivity contribution >= 4 is 5.97 Å². The number of esters is 1. The molecule has 0 unspecified atom stereocenters. The zero-order valence-electron chi connectivity index (χ0n) is 14.1. The van der Waals surface area contributed by atoms with Gasteiger partial charge in [0, 0.05) is 12.3 Å². The molecular weight excluding hydrogens is 351 g/mol. The van der Waals surface area contributed by atoms with Gasteiger partial charge in [0.15, 0.2) is 0 Å². The van der Waals surface area contributed by atoms with Gasteiger partial charge < -0.3 is 14.0 Å². The molecule has 0 N–H and O–H groups in total. The summed E-state index contributed by atoms with van der Waals surface area (Å²) in [5.74, 6) is -0.188. The molecule has 2 aromatic rings. The van der Waals surface area contributed by atoms with Crippen LogP contribution < -0.4 is 10.3 Å². The number of aromatic nitrogens is 1. The summed E-state index contributed by atoms with van der Waals surface area (Å²) in [7, 11) is 0. The van der Waals surface area contributed by atoms with E-state index in [0.29, 0.717) is 22.6 Å². The molecule has 26 heavy (non-hydrogen) atoms. The monoisotopic (exact) mass is 369 g/mol. The van der Waals surface area contributed by atoms with Crippen molar-refractivity contribution in [3.63, 3.8) is 0 Å². The first-order valence-corrected chi connectivity index (χ1v) is 7.94. The second-order valence-corrected chi connectivity index (χ2v) is 5.45. The number of hydrogen-bond donors (Lipinski definition) is 0. The minimum Gasteiger partial charge on any atom is -0.490 e. The van der Waals surface area contributed by atoms with E-state index in [9.17, 15) is 22.8 Å². The van der Waals surface area contributed by atoms with Crippen LogP contribution >= 0.6 is 0 Å². The lowest BCUT2D eigenvalue weighted by Crippen LogP contribution is -2.26. The van der Waals surface area contributed by atoms with E-state index in [1.165, 1.54) is 0 Å². The smallest absolute Gasteiger partial charge is 0.417 e. The zero-order chi connectivity index (χ0) is 19.2. The molecule has 0 aliphatic carbocycles. The summed E-state index contributed by atoms with van der Waals surface area (Å²) in [5.41, 5.74) is -0.630. The molecule has 0 fully saturated rings. The topological polar surface area (TPSA) is 57.5 Å². The molecule has 1 aromatic heterocycles. The fraction of sp³-hybridized carbons (Fsp3) is 0.333. The second kappa shape index (κ2) is 8.55. The quantitative estimate of drug-likeness (QED) is 0.556. The van der Waals surface area contributed by atoms with Gasteiger partial charge in [-0.3, -0.25) is 9.59 Å². The second-order valence-electron chi connectivity index (χ2n) is 5.45. The van der Waals surface area contributed by atoms with Gasteiger partial charge in [-0.2, -0.15) is 13.2 Å². The van der Waals surface area contributed by atoms with Crippen LogP contribution in [0.5, 0.6) is 5.75 Å². The summed E-state index contributed by atoms with van der Waals surface area (Å²) in [5, 5.41) is 0. The van der Waals surface area contributed by atoms with Gasteiger partial charge in [-0.25, -0.2) is 0 Å². The van der Waals surface area contributed by atoms with Gasteiger partial charge in [-0.15, -0.1) is 0 Å². The van der Waals surface area contributed by atoms with Gasteiger partial charge in [-0.1, -0.05) is 19.1 Å². The Bertz CT molecular complexity index is 815. The molecule has 1 heterocycles. The zero-order valence-corrected chi connectivity index (χ0v) is 14.1. The van der Waals surface area contributed by atoms with Gasteiger partial charge in [-0.05, 0) is 30.2 Å². The third-order valence-electron chi connectivity index (χ3n) is 3.53. The Morgan fingerprint density at radius 2 is 1.92 bits per heavy atom. The van der Waals surface area contributed by atoms with Crippen molar-refractivity contribution in [3.8, 4) is 5.75 Å². The number of pyridine rings is 1. The van der Waals surface area contributed by atoms with Crippen molar-refractivity contribution in [2.45, 2.75) is 26.1 Å². The highest BCUT2D eigenvalue weighted by atomic mass is 19.4. The van der Waals surface area contributed by atoms with Crippen molar-refractivity contribution in [1.82, 2.24) is 4.57 Å². The number of ether oxygens (including phenoxy) is 2. The van der Waals surface area contributed by atoms with Crippen LogP contribution in [0, 0.1) is 0 Å². The lowest BCUT2D eigenvalue weighted by molar-refractivity contribution is -0.146. The summed E-state index contributed by atoms with van der Waals surface area (Å²) in [4.78, 5) is 23.3.